The maximum atomic E-state index is 14.1. The summed E-state index contributed by atoms with van der Waals surface area (Å²) < 4.78 is 37.9. The normalized spacial score (nSPS) is 26.0. The number of carbonyl (C=O) groups excluding carboxylic acids is 1. The van der Waals surface area contributed by atoms with Crippen LogP contribution in [0.15, 0.2) is 46.6 Å². The molecule has 0 amide bonds. The van der Waals surface area contributed by atoms with Gasteiger partial charge >= 0.3 is 13.7 Å². The van der Waals surface area contributed by atoms with Gasteiger partial charge in [-0.1, -0.05) is 29.7 Å². The lowest BCUT2D eigenvalue weighted by Gasteiger charge is -2.30. The number of benzene rings is 1. The van der Waals surface area contributed by atoms with Crippen molar-refractivity contribution < 1.29 is 38.1 Å². The first-order chi connectivity index (χ1) is 21.0. The van der Waals surface area contributed by atoms with E-state index < -0.39 is 56.1 Å². The molecule has 3 heterocycles. The highest BCUT2D eigenvalue weighted by atomic mass is 31.2. The second-order valence-electron chi connectivity index (χ2n) is 10.5. The summed E-state index contributed by atoms with van der Waals surface area (Å²) in [7, 11) is -4.50. The van der Waals surface area contributed by atoms with Gasteiger partial charge in [-0.15, -0.1) is 0 Å². The fraction of sp³-hybridized carbons (Fsp3) is 0.520. The maximum Gasteiger partial charge on any atom is 0.459 e. The van der Waals surface area contributed by atoms with Gasteiger partial charge in [0, 0.05) is 4.91 Å². The number of H-pyrrole nitrogens is 1. The number of imidazole rings is 1. The van der Waals surface area contributed by atoms with Crippen molar-refractivity contribution in [2.45, 2.75) is 75.3 Å². The molecule has 1 saturated heterocycles. The molecular weight excluding hydrogens is 601 g/mol. The van der Waals surface area contributed by atoms with Gasteiger partial charge in [0.15, 0.2) is 17.4 Å². The minimum atomic E-state index is -4.50. The van der Waals surface area contributed by atoms with Crippen LogP contribution in [0.2, 0.25) is 0 Å². The van der Waals surface area contributed by atoms with Gasteiger partial charge in [-0.2, -0.15) is 10.1 Å². The topological polar surface area (TPSA) is 262 Å². The highest BCUT2D eigenvalue weighted by molar-refractivity contribution is 7.52. The molecule has 0 bridgehead atoms. The molecule has 6 atom stereocenters. The van der Waals surface area contributed by atoms with Crippen LogP contribution in [-0.4, -0.2) is 72.4 Å². The van der Waals surface area contributed by atoms with Gasteiger partial charge in [-0.25, -0.2) is 9.55 Å². The molecular formula is C25H32N9O9P. The lowest BCUT2D eigenvalue weighted by Crippen LogP contribution is -2.46. The van der Waals surface area contributed by atoms with E-state index in [0.717, 1.165) is 43.0 Å². The first kappa shape index (κ1) is 31.4. The molecule has 236 valence electrons. The molecule has 0 spiro atoms. The van der Waals surface area contributed by atoms with Crippen molar-refractivity contribution in [2.24, 2.45) is 5.11 Å². The Balaban J connectivity index is 1.39. The van der Waals surface area contributed by atoms with Crippen LogP contribution in [0.5, 0.6) is 5.75 Å². The van der Waals surface area contributed by atoms with Crippen molar-refractivity contribution in [3.05, 3.63) is 57.5 Å². The number of ether oxygens (including phenoxy) is 2. The number of aliphatic hydroxyl groups excluding tert-OH is 2. The molecule has 1 unspecified atom stereocenters. The van der Waals surface area contributed by atoms with E-state index in [4.69, 9.17) is 24.3 Å². The molecule has 2 aromatic heterocycles. The molecule has 3 aromatic rings. The fourth-order valence-corrected chi connectivity index (χ4v) is 6.57. The molecule has 1 saturated carbocycles. The summed E-state index contributed by atoms with van der Waals surface area (Å²) >= 11 is 0. The smallest absolute Gasteiger partial charge is 0.459 e. The summed E-state index contributed by atoms with van der Waals surface area (Å²) in [5, 5.41) is 28.1. The number of nitrogens with zero attached hydrogens (tertiary/aromatic N) is 6. The molecule has 1 aliphatic carbocycles. The number of esters is 1. The SMILES string of the molecule is C[C@H](NP(=O)(OC[C@@]1(N=[N+]=[N-])O[C@@H](n2cnc3c(=O)[nH]c(N)nc32)[C@H](O)[C@@H]1O)Oc1ccccc1)C(=O)OC1CCCCC1. The number of azide groups is 1. The average molecular weight is 634 g/mol. The van der Waals surface area contributed by atoms with E-state index in [1.165, 1.54) is 19.1 Å². The fourth-order valence-electron chi connectivity index (χ4n) is 5.06. The number of aromatic amines is 1. The van der Waals surface area contributed by atoms with Crippen molar-refractivity contribution in [1.29, 1.82) is 0 Å². The molecule has 1 aromatic carbocycles. The molecule has 2 fully saturated rings. The monoisotopic (exact) mass is 633 g/mol. The van der Waals surface area contributed by atoms with E-state index in [2.05, 4.69) is 30.1 Å². The number of aromatic nitrogens is 4. The Hall–Kier alpha value is -4.02. The van der Waals surface area contributed by atoms with Crippen molar-refractivity contribution >= 4 is 30.8 Å². The van der Waals surface area contributed by atoms with Gasteiger partial charge in [-0.3, -0.25) is 23.7 Å². The number of nitrogens with two attached hydrogens (primary N) is 1. The Bertz CT molecular complexity index is 1640. The molecule has 19 heteroatoms. The van der Waals surface area contributed by atoms with E-state index >= 15 is 0 Å². The molecule has 18 nitrogen and oxygen atoms in total. The number of para-hydroxylation sites is 1. The maximum absolute atomic E-state index is 14.1. The van der Waals surface area contributed by atoms with Crippen LogP contribution < -0.4 is 20.9 Å². The Morgan fingerprint density at radius 2 is 2.07 bits per heavy atom. The third-order valence-electron chi connectivity index (χ3n) is 7.29. The van der Waals surface area contributed by atoms with Gasteiger partial charge < -0.3 is 29.9 Å². The van der Waals surface area contributed by atoms with Gasteiger partial charge in [0.1, 0.15) is 30.1 Å². The summed E-state index contributed by atoms with van der Waals surface area (Å²) in [4.78, 5) is 38.1. The third kappa shape index (κ3) is 6.56. The second kappa shape index (κ2) is 12.9. The lowest BCUT2D eigenvalue weighted by molar-refractivity contribution is -0.152. The molecule has 2 aliphatic rings. The van der Waals surface area contributed by atoms with Crippen LogP contribution in [0.4, 0.5) is 5.95 Å². The quantitative estimate of drug-likeness (QED) is 0.0666. The van der Waals surface area contributed by atoms with Crippen LogP contribution >= 0.6 is 7.75 Å². The number of rotatable bonds is 11. The van der Waals surface area contributed by atoms with E-state index in [1.54, 1.807) is 18.2 Å². The Kier molecular flexibility index (Phi) is 9.22. The minimum Gasteiger partial charge on any atom is -0.461 e. The number of carbonyl (C=O) groups is 1. The molecule has 44 heavy (non-hydrogen) atoms. The number of fused-ring (bicyclic) bond motifs is 1. The zero-order valence-corrected chi connectivity index (χ0v) is 24.4. The zero-order valence-electron chi connectivity index (χ0n) is 23.6. The highest BCUT2D eigenvalue weighted by Crippen LogP contribution is 2.48. The van der Waals surface area contributed by atoms with Crippen LogP contribution in [0.25, 0.3) is 21.6 Å². The number of hydrogen-bond donors (Lipinski definition) is 5. The predicted molar refractivity (Wildman–Crippen MR) is 153 cm³/mol. The van der Waals surface area contributed by atoms with Gasteiger partial charge in [0.05, 0.1) is 12.9 Å². The highest BCUT2D eigenvalue weighted by Gasteiger charge is 2.56. The van der Waals surface area contributed by atoms with Crippen LogP contribution in [0.1, 0.15) is 45.3 Å². The minimum absolute atomic E-state index is 0.0924. The summed E-state index contributed by atoms with van der Waals surface area (Å²) in [6.45, 7) is 0.500. The molecule has 5 rings (SSSR count). The zero-order chi connectivity index (χ0) is 31.5. The number of hydrogen-bond acceptors (Lipinski definition) is 13. The largest absolute Gasteiger partial charge is 0.461 e. The van der Waals surface area contributed by atoms with Crippen LogP contribution in [0.3, 0.4) is 0 Å². The van der Waals surface area contributed by atoms with Gasteiger partial charge in [0.25, 0.3) is 5.56 Å². The Morgan fingerprint density at radius 3 is 2.77 bits per heavy atom. The molecule has 0 radical (unpaired) electrons. The number of nitrogen functional groups attached to an aromatic ring is 1. The summed E-state index contributed by atoms with van der Waals surface area (Å²) in [6, 6.07) is 6.77. The van der Waals surface area contributed by atoms with E-state index in [1.807, 2.05) is 0 Å². The summed E-state index contributed by atoms with van der Waals surface area (Å²) in [6.07, 6.45) is 0.000297. The first-order valence-electron chi connectivity index (χ1n) is 13.8. The molecule has 6 N–H and O–H groups in total. The van der Waals surface area contributed by atoms with Crippen molar-refractivity contribution in [3.8, 4) is 5.75 Å². The Labute approximate surface area is 249 Å². The predicted octanol–water partition coefficient (Wildman–Crippen LogP) is 2.02. The van der Waals surface area contributed by atoms with Crippen LogP contribution in [-0.2, 0) is 23.4 Å². The lowest BCUT2D eigenvalue weighted by atomic mass is 9.98. The second-order valence-corrected chi connectivity index (χ2v) is 12.2. The van der Waals surface area contributed by atoms with Crippen molar-refractivity contribution in [2.75, 3.05) is 12.3 Å². The first-order valence-corrected chi connectivity index (χ1v) is 15.4. The average Bonchev–Trinajstić information content (AvgIpc) is 3.52. The van der Waals surface area contributed by atoms with E-state index in [9.17, 15) is 29.9 Å². The summed E-state index contributed by atoms with van der Waals surface area (Å²) in [5.74, 6) is -0.815. The van der Waals surface area contributed by atoms with Gasteiger partial charge in [0.2, 0.25) is 11.7 Å². The van der Waals surface area contributed by atoms with Crippen molar-refractivity contribution in [1.82, 2.24) is 24.6 Å². The van der Waals surface area contributed by atoms with Gasteiger partial charge in [-0.05, 0) is 50.3 Å². The summed E-state index contributed by atoms with van der Waals surface area (Å²) in [5.41, 5.74) is 11.7. The van der Waals surface area contributed by atoms with E-state index in [0.29, 0.717) is 0 Å². The standard InChI is InChI=1S/C25H32N9O9P/c1-14(23(38)41-15-8-4-2-5-9-15)31-44(39,43-16-10-6-3-7-11-16)40-12-25(32-33-27)19(36)18(35)22(42-25)34-13-28-17-20(34)29-24(26)30-21(17)37/h3,6-7,10-11,13-15,18-19,22,35-36H,2,4-5,8-9,12H2,1H3,(H,31,39)(H3,26,29,30,37)/t14-,18+,19-,22+,25+,44?/m0/s1. The van der Waals surface area contributed by atoms with E-state index in [-0.39, 0.29) is 29.0 Å². The molecule has 1 aliphatic heterocycles. The number of anilines is 1. The van der Waals surface area contributed by atoms with Crippen molar-refractivity contribution in [3.63, 3.8) is 0 Å². The Morgan fingerprint density at radius 1 is 1.34 bits per heavy atom. The number of aliphatic hydroxyl groups is 2. The number of nitrogens with one attached hydrogen (secondary N) is 2. The third-order valence-corrected chi connectivity index (χ3v) is 8.92. The van der Waals surface area contributed by atoms with Crippen LogP contribution in [0, 0.1) is 0 Å².